The van der Waals surface area contributed by atoms with E-state index in [0.29, 0.717) is 26.4 Å². The van der Waals surface area contributed by atoms with Crippen LogP contribution in [0.25, 0.3) is 0 Å². The molecule has 0 radical (unpaired) electrons. The van der Waals surface area contributed by atoms with E-state index in [4.69, 9.17) is 14.2 Å². The van der Waals surface area contributed by atoms with Crippen molar-refractivity contribution in [2.24, 2.45) is 0 Å². The van der Waals surface area contributed by atoms with E-state index in [-0.39, 0.29) is 12.2 Å². The fourth-order valence-electron chi connectivity index (χ4n) is 1.79. The van der Waals surface area contributed by atoms with Gasteiger partial charge in [-0.05, 0) is 25.7 Å². The van der Waals surface area contributed by atoms with E-state index < -0.39 is 0 Å². The molecule has 0 spiro atoms. The Hall–Kier alpha value is -0.160. The second-order valence-electron chi connectivity index (χ2n) is 3.92. The SMILES string of the molecule is COCCOCCOC1CCCC(O)C1. The summed E-state index contributed by atoms with van der Waals surface area (Å²) in [5.41, 5.74) is 0. The molecule has 2 unspecified atom stereocenters. The summed E-state index contributed by atoms with van der Waals surface area (Å²) in [7, 11) is 1.66. The van der Waals surface area contributed by atoms with Gasteiger partial charge in [0.1, 0.15) is 0 Å². The lowest BCUT2D eigenvalue weighted by Gasteiger charge is -2.25. The number of aliphatic hydroxyl groups is 1. The number of aliphatic hydroxyl groups excluding tert-OH is 1. The summed E-state index contributed by atoms with van der Waals surface area (Å²) in [5, 5.41) is 9.42. The van der Waals surface area contributed by atoms with Crippen molar-refractivity contribution >= 4 is 0 Å². The van der Waals surface area contributed by atoms with Crippen molar-refractivity contribution in [2.45, 2.75) is 37.9 Å². The summed E-state index contributed by atoms with van der Waals surface area (Å²) < 4.78 is 15.7. The highest BCUT2D eigenvalue weighted by atomic mass is 16.5. The van der Waals surface area contributed by atoms with Crippen LogP contribution in [0, 0.1) is 0 Å². The molecular weight excluding hydrogens is 196 g/mol. The van der Waals surface area contributed by atoms with Crippen molar-refractivity contribution in [1.29, 1.82) is 0 Å². The molecule has 0 aromatic rings. The molecule has 0 aliphatic heterocycles. The van der Waals surface area contributed by atoms with E-state index >= 15 is 0 Å². The number of methoxy groups -OCH3 is 1. The summed E-state index contributed by atoms with van der Waals surface area (Å²) in [6.45, 7) is 2.46. The normalized spacial score (nSPS) is 26.8. The zero-order valence-electron chi connectivity index (χ0n) is 9.48. The smallest absolute Gasteiger partial charge is 0.0704 e. The Morgan fingerprint density at radius 3 is 2.67 bits per heavy atom. The maximum Gasteiger partial charge on any atom is 0.0704 e. The summed E-state index contributed by atoms with van der Waals surface area (Å²) in [4.78, 5) is 0. The topological polar surface area (TPSA) is 47.9 Å². The van der Waals surface area contributed by atoms with Crippen LogP contribution in [-0.4, -0.2) is 50.9 Å². The molecule has 4 nitrogen and oxygen atoms in total. The minimum absolute atomic E-state index is 0.168. The van der Waals surface area contributed by atoms with Crippen LogP contribution in [-0.2, 0) is 14.2 Å². The minimum Gasteiger partial charge on any atom is -0.393 e. The molecule has 0 aromatic heterocycles. The Morgan fingerprint density at radius 2 is 1.93 bits per heavy atom. The number of hydrogen-bond acceptors (Lipinski definition) is 4. The van der Waals surface area contributed by atoms with Crippen LogP contribution in [0.4, 0.5) is 0 Å². The fourth-order valence-corrected chi connectivity index (χ4v) is 1.79. The highest BCUT2D eigenvalue weighted by molar-refractivity contribution is 4.72. The molecule has 1 N–H and O–H groups in total. The quantitative estimate of drug-likeness (QED) is 0.647. The lowest BCUT2D eigenvalue weighted by molar-refractivity contribution is -0.0410. The average Bonchev–Trinajstić information content (AvgIpc) is 2.23. The predicted molar refractivity (Wildman–Crippen MR) is 56.9 cm³/mol. The first-order valence-electron chi connectivity index (χ1n) is 5.69. The van der Waals surface area contributed by atoms with Gasteiger partial charge in [-0.1, -0.05) is 0 Å². The van der Waals surface area contributed by atoms with Gasteiger partial charge in [-0.2, -0.15) is 0 Å². The second-order valence-corrected chi connectivity index (χ2v) is 3.92. The number of ether oxygens (including phenoxy) is 3. The minimum atomic E-state index is -0.168. The third kappa shape index (κ3) is 6.10. The molecular formula is C11H22O4. The van der Waals surface area contributed by atoms with Crippen molar-refractivity contribution in [2.75, 3.05) is 33.5 Å². The number of hydrogen-bond donors (Lipinski definition) is 1. The molecule has 1 aliphatic carbocycles. The maximum atomic E-state index is 9.42. The lowest BCUT2D eigenvalue weighted by atomic mass is 9.95. The van der Waals surface area contributed by atoms with Gasteiger partial charge in [0, 0.05) is 7.11 Å². The third-order valence-electron chi connectivity index (χ3n) is 2.61. The monoisotopic (exact) mass is 218 g/mol. The standard InChI is InChI=1S/C11H22O4/c1-13-5-6-14-7-8-15-11-4-2-3-10(12)9-11/h10-12H,2-9H2,1H3. The van der Waals surface area contributed by atoms with Crippen molar-refractivity contribution in [3.05, 3.63) is 0 Å². The van der Waals surface area contributed by atoms with E-state index in [1.807, 2.05) is 0 Å². The van der Waals surface area contributed by atoms with Gasteiger partial charge < -0.3 is 19.3 Å². The van der Waals surface area contributed by atoms with Crippen LogP contribution in [0.1, 0.15) is 25.7 Å². The Bertz CT molecular complexity index is 152. The summed E-state index contributed by atoms with van der Waals surface area (Å²) in [6, 6.07) is 0. The zero-order valence-corrected chi connectivity index (χ0v) is 9.48. The van der Waals surface area contributed by atoms with Crippen LogP contribution < -0.4 is 0 Å². The molecule has 1 saturated carbocycles. The fraction of sp³-hybridized carbons (Fsp3) is 1.00. The van der Waals surface area contributed by atoms with Crippen LogP contribution in [0.15, 0.2) is 0 Å². The summed E-state index contributed by atoms with van der Waals surface area (Å²) in [5.74, 6) is 0. The Morgan fingerprint density at radius 1 is 1.13 bits per heavy atom. The summed E-state index contributed by atoms with van der Waals surface area (Å²) >= 11 is 0. The van der Waals surface area contributed by atoms with E-state index in [2.05, 4.69) is 0 Å². The summed E-state index contributed by atoms with van der Waals surface area (Å²) in [6.07, 6.45) is 3.88. The van der Waals surface area contributed by atoms with Gasteiger partial charge in [-0.15, -0.1) is 0 Å². The highest BCUT2D eigenvalue weighted by Gasteiger charge is 2.20. The van der Waals surface area contributed by atoms with Gasteiger partial charge in [0.25, 0.3) is 0 Å². The third-order valence-corrected chi connectivity index (χ3v) is 2.61. The van der Waals surface area contributed by atoms with Gasteiger partial charge in [0.05, 0.1) is 38.6 Å². The first kappa shape index (κ1) is 12.9. The Labute approximate surface area is 91.5 Å². The van der Waals surface area contributed by atoms with Crippen LogP contribution in [0.5, 0.6) is 0 Å². The van der Waals surface area contributed by atoms with Crippen LogP contribution in [0.2, 0.25) is 0 Å². The van der Waals surface area contributed by atoms with Gasteiger partial charge in [0.15, 0.2) is 0 Å². The van der Waals surface area contributed by atoms with E-state index in [1.165, 1.54) is 0 Å². The lowest BCUT2D eigenvalue weighted by Crippen LogP contribution is -2.27. The highest BCUT2D eigenvalue weighted by Crippen LogP contribution is 2.20. The largest absolute Gasteiger partial charge is 0.393 e. The van der Waals surface area contributed by atoms with Gasteiger partial charge in [-0.25, -0.2) is 0 Å². The molecule has 0 amide bonds. The molecule has 4 heteroatoms. The molecule has 0 heterocycles. The maximum absolute atomic E-state index is 9.42. The molecule has 1 rings (SSSR count). The molecule has 0 saturated heterocycles. The molecule has 2 atom stereocenters. The van der Waals surface area contributed by atoms with E-state index in [0.717, 1.165) is 25.7 Å². The van der Waals surface area contributed by atoms with E-state index in [1.54, 1.807) is 7.11 Å². The Kier molecular flexibility index (Phi) is 6.92. The molecule has 1 fully saturated rings. The molecule has 0 bridgehead atoms. The van der Waals surface area contributed by atoms with E-state index in [9.17, 15) is 5.11 Å². The van der Waals surface area contributed by atoms with Crippen molar-refractivity contribution < 1.29 is 19.3 Å². The van der Waals surface area contributed by atoms with Crippen molar-refractivity contribution in [3.8, 4) is 0 Å². The first-order valence-corrected chi connectivity index (χ1v) is 5.69. The van der Waals surface area contributed by atoms with Crippen LogP contribution in [0.3, 0.4) is 0 Å². The molecule has 1 aliphatic rings. The second kappa shape index (κ2) is 8.05. The molecule has 90 valence electrons. The van der Waals surface area contributed by atoms with Gasteiger partial charge in [0.2, 0.25) is 0 Å². The first-order chi connectivity index (χ1) is 7.33. The van der Waals surface area contributed by atoms with Gasteiger partial charge >= 0.3 is 0 Å². The van der Waals surface area contributed by atoms with Gasteiger partial charge in [-0.3, -0.25) is 0 Å². The van der Waals surface area contributed by atoms with Crippen LogP contribution >= 0.6 is 0 Å². The molecule has 0 aromatic carbocycles. The van der Waals surface area contributed by atoms with Crippen molar-refractivity contribution in [1.82, 2.24) is 0 Å². The predicted octanol–water partition coefficient (Wildman–Crippen LogP) is 0.969. The Balaban J connectivity index is 1.90. The zero-order chi connectivity index (χ0) is 10.9. The number of rotatable bonds is 7. The van der Waals surface area contributed by atoms with Crippen molar-refractivity contribution in [3.63, 3.8) is 0 Å². The average molecular weight is 218 g/mol. The molecule has 15 heavy (non-hydrogen) atoms.